The molecule has 1 fully saturated rings. The third kappa shape index (κ3) is 2.73. The fraction of sp³-hybridized carbons (Fsp3) is 0.389. The summed E-state index contributed by atoms with van der Waals surface area (Å²) < 4.78 is 1.93. The number of rotatable bonds is 4. The molecule has 0 saturated carbocycles. The van der Waals surface area contributed by atoms with Gasteiger partial charge in [-0.2, -0.15) is 5.10 Å². The van der Waals surface area contributed by atoms with Gasteiger partial charge in [-0.05, 0) is 31.0 Å². The number of fused-ring (bicyclic) bond motifs is 1. The Bertz CT molecular complexity index is 818. The quantitative estimate of drug-likeness (QED) is 0.797. The fourth-order valence-corrected chi connectivity index (χ4v) is 3.60. The molecule has 1 aromatic carbocycles. The van der Waals surface area contributed by atoms with E-state index in [0.29, 0.717) is 12.5 Å². The summed E-state index contributed by atoms with van der Waals surface area (Å²) in [7, 11) is 0. The minimum absolute atomic E-state index is 0.125. The zero-order valence-electron chi connectivity index (χ0n) is 13.5. The van der Waals surface area contributed by atoms with Crippen LogP contribution in [0.15, 0.2) is 42.9 Å². The van der Waals surface area contributed by atoms with Crippen molar-refractivity contribution in [2.45, 2.75) is 25.3 Å². The molecule has 3 aromatic rings. The normalized spacial score (nSPS) is 16.0. The van der Waals surface area contributed by atoms with Gasteiger partial charge in [0.25, 0.3) is 0 Å². The molecule has 0 atom stereocenters. The lowest BCUT2D eigenvalue weighted by molar-refractivity contribution is 0.265. The molecule has 3 heterocycles. The van der Waals surface area contributed by atoms with E-state index in [-0.39, 0.29) is 6.61 Å². The largest absolute Gasteiger partial charge is 0.394 e. The van der Waals surface area contributed by atoms with Gasteiger partial charge in [-0.25, -0.2) is 9.97 Å². The molecule has 124 valence electrons. The number of aliphatic hydroxyl groups excluding tert-OH is 1. The first kappa shape index (κ1) is 15.1. The predicted molar refractivity (Wildman–Crippen MR) is 93.0 cm³/mol. The molecule has 4 rings (SSSR count). The molecule has 24 heavy (non-hydrogen) atoms. The number of para-hydroxylation sites is 1. The first-order chi connectivity index (χ1) is 11.9. The van der Waals surface area contributed by atoms with Gasteiger partial charge in [0, 0.05) is 36.3 Å². The van der Waals surface area contributed by atoms with Crippen LogP contribution in [0.1, 0.15) is 24.5 Å². The lowest BCUT2D eigenvalue weighted by Gasteiger charge is -2.33. The van der Waals surface area contributed by atoms with Crippen molar-refractivity contribution >= 4 is 16.7 Å². The smallest absolute Gasteiger partial charge is 0.139 e. The van der Waals surface area contributed by atoms with Gasteiger partial charge in [0.05, 0.1) is 18.7 Å². The second-order valence-electron chi connectivity index (χ2n) is 6.18. The van der Waals surface area contributed by atoms with Crippen molar-refractivity contribution in [1.29, 1.82) is 0 Å². The lowest BCUT2D eigenvalue weighted by Crippen LogP contribution is -2.34. The average molecular weight is 323 g/mol. The van der Waals surface area contributed by atoms with Gasteiger partial charge >= 0.3 is 0 Å². The minimum Gasteiger partial charge on any atom is -0.394 e. The van der Waals surface area contributed by atoms with E-state index >= 15 is 0 Å². The molecule has 1 N–H and O–H groups in total. The second kappa shape index (κ2) is 6.57. The number of anilines is 1. The summed E-state index contributed by atoms with van der Waals surface area (Å²) in [5.41, 5.74) is 2.22. The SMILES string of the molecule is OCCn1nccc1C1CCN(c2ncnc3ccccc23)CC1. The van der Waals surface area contributed by atoms with E-state index in [0.717, 1.165) is 42.7 Å². The van der Waals surface area contributed by atoms with Crippen LogP contribution in [-0.4, -0.2) is 44.6 Å². The van der Waals surface area contributed by atoms with E-state index in [9.17, 15) is 0 Å². The predicted octanol–water partition coefficient (Wildman–Crippen LogP) is 2.20. The number of aromatic nitrogens is 4. The Morgan fingerprint density at radius 1 is 1.08 bits per heavy atom. The van der Waals surface area contributed by atoms with E-state index in [4.69, 9.17) is 5.11 Å². The van der Waals surface area contributed by atoms with E-state index in [1.165, 1.54) is 5.69 Å². The molecule has 0 amide bonds. The van der Waals surface area contributed by atoms with Crippen LogP contribution in [0, 0.1) is 0 Å². The van der Waals surface area contributed by atoms with Crippen LogP contribution in [0.5, 0.6) is 0 Å². The molecule has 1 aliphatic heterocycles. The van der Waals surface area contributed by atoms with Crippen LogP contribution in [0.25, 0.3) is 10.9 Å². The molecule has 1 aliphatic rings. The fourth-order valence-electron chi connectivity index (χ4n) is 3.60. The van der Waals surface area contributed by atoms with Gasteiger partial charge < -0.3 is 10.0 Å². The van der Waals surface area contributed by atoms with Crippen LogP contribution in [0.4, 0.5) is 5.82 Å². The summed E-state index contributed by atoms with van der Waals surface area (Å²) in [5, 5.41) is 14.6. The highest BCUT2D eigenvalue weighted by Gasteiger charge is 2.24. The summed E-state index contributed by atoms with van der Waals surface area (Å²) in [6.07, 6.45) is 5.61. The summed E-state index contributed by atoms with van der Waals surface area (Å²) in [6.45, 7) is 2.63. The van der Waals surface area contributed by atoms with Crippen molar-refractivity contribution in [3.63, 3.8) is 0 Å². The van der Waals surface area contributed by atoms with Gasteiger partial charge in [-0.3, -0.25) is 4.68 Å². The highest BCUT2D eigenvalue weighted by Crippen LogP contribution is 2.31. The van der Waals surface area contributed by atoms with Gasteiger partial charge in [0.2, 0.25) is 0 Å². The molecular weight excluding hydrogens is 302 g/mol. The molecule has 1 saturated heterocycles. The molecule has 0 unspecified atom stereocenters. The Labute approximate surface area is 140 Å². The summed E-state index contributed by atoms with van der Waals surface area (Å²) >= 11 is 0. The maximum atomic E-state index is 9.17. The van der Waals surface area contributed by atoms with Gasteiger partial charge in [-0.1, -0.05) is 12.1 Å². The number of hydrogen-bond donors (Lipinski definition) is 1. The highest BCUT2D eigenvalue weighted by atomic mass is 16.3. The second-order valence-corrected chi connectivity index (χ2v) is 6.18. The van der Waals surface area contributed by atoms with Crippen LogP contribution in [-0.2, 0) is 6.54 Å². The summed E-state index contributed by atoms with van der Waals surface area (Å²) in [4.78, 5) is 11.2. The van der Waals surface area contributed by atoms with E-state index < -0.39 is 0 Å². The van der Waals surface area contributed by atoms with Crippen LogP contribution in [0.2, 0.25) is 0 Å². The Hall–Kier alpha value is -2.47. The molecule has 0 aliphatic carbocycles. The maximum absolute atomic E-state index is 9.17. The first-order valence-electron chi connectivity index (χ1n) is 8.44. The van der Waals surface area contributed by atoms with Crippen molar-refractivity contribution in [2.24, 2.45) is 0 Å². The van der Waals surface area contributed by atoms with E-state index in [2.05, 4.69) is 32.1 Å². The number of benzene rings is 1. The standard InChI is InChI=1S/C18H21N5O/c24-12-11-23-17(5-8-21-23)14-6-9-22(10-7-14)18-15-3-1-2-4-16(15)19-13-20-18/h1-5,8,13-14,24H,6-7,9-12H2. The first-order valence-corrected chi connectivity index (χ1v) is 8.44. The zero-order chi connectivity index (χ0) is 16.4. The number of nitrogens with zero attached hydrogens (tertiary/aromatic N) is 5. The lowest BCUT2D eigenvalue weighted by atomic mass is 9.93. The minimum atomic E-state index is 0.125. The Morgan fingerprint density at radius 3 is 2.75 bits per heavy atom. The Balaban J connectivity index is 1.52. The monoisotopic (exact) mass is 323 g/mol. The topological polar surface area (TPSA) is 67.1 Å². The maximum Gasteiger partial charge on any atom is 0.139 e. The number of piperidine rings is 1. The molecule has 0 spiro atoms. The van der Waals surface area contributed by atoms with E-state index in [1.54, 1.807) is 6.33 Å². The van der Waals surface area contributed by atoms with Crippen molar-refractivity contribution < 1.29 is 5.11 Å². The third-order valence-electron chi connectivity index (χ3n) is 4.80. The van der Waals surface area contributed by atoms with Gasteiger partial charge in [-0.15, -0.1) is 0 Å². The molecule has 6 heteroatoms. The Morgan fingerprint density at radius 2 is 1.92 bits per heavy atom. The van der Waals surface area contributed by atoms with Crippen molar-refractivity contribution in [2.75, 3.05) is 24.6 Å². The van der Waals surface area contributed by atoms with Crippen LogP contribution < -0.4 is 4.90 Å². The van der Waals surface area contributed by atoms with Crippen molar-refractivity contribution in [1.82, 2.24) is 19.7 Å². The highest BCUT2D eigenvalue weighted by molar-refractivity contribution is 5.89. The molecule has 2 aromatic heterocycles. The average Bonchev–Trinajstić information content (AvgIpc) is 3.10. The van der Waals surface area contributed by atoms with Gasteiger partial charge in [0.15, 0.2) is 0 Å². The van der Waals surface area contributed by atoms with Crippen LogP contribution >= 0.6 is 0 Å². The number of hydrogen-bond acceptors (Lipinski definition) is 5. The summed E-state index contributed by atoms with van der Waals surface area (Å²) in [6, 6.07) is 10.2. The third-order valence-corrected chi connectivity index (χ3v) is 4.80. The van der Waals surface area contributed by atoms with E-state index in [1.807, 2.05) is 29.1 Å². The number of aliphatic hydroxyl groups is 1. The molecule has 0 bridgehead atoms. The zero-order valence-corrected chi connectivity index (χ0v) is 13.5. The Kier molecular flexibility index (Phi) is 4.13. The molecular formula is C18H21N5O. The summed E-state index contributed by atoms with van der Waals surface area (Å²) in [5.74, 6) is 1.52. The molecule has 0 radical (unpaired) electrons. The van der Waals surface area contributed by atoms with Gasteiger partial charge in [0.1, 0.15) is 12.1 Å². The van der Waals surface area contributed by atoms with Crippen molar-refractivity contribution in [3.8, 4) is 0 Å². The van der Waals surface area contributed by atoms with Crippen LogP contribution in [0.3, 0.4) is 0 Å². The van der Waals surface area contributed by atoms with Crippen molar-refractivity contribution in [3.05, 3.63) is 48.5 Å². The molecule has 6 nitrogen and oxygen atoms in total.